The van der Waals surface area contributed by atoms with Crippen molar-refractivity contribution in [3.05, 3.63) is 62.1 Å². The molecule has 1 aliphatic carbocycles. The Kier molecular flexibility index (Phi) is 4.42. The number of pyridine rings is 1. The Morgan fingerprint density at radius 1 is 1.21 bits per heavy atom. The Labute approximate surface area is 141 Å². The van der Waals surface area contributed by atoms with E-state index in [2.05, 4.69) is 22.4 Å². The molecule has 1 aromatic carbocycles. The first kappa shape index (κ1) is 16.3. The van der Waals surface area contributed by atoms with Gasteiger partial charge in [-0.15, -0.1) is 0 Å². The van der Waals surface area contributed by atoms with Crippen LogP contribution in [0.4, 0.5) is 0 Å². The molecule has 5 nitrogen and oxygen atoms in total. The molecule has 0 spiro atoms. The molecule has 0 unspecified atom stereocenters. The maximum Gasteiger partial charge on any atom is 0.261 e. The zero-order valence-electron chi connectivity index (χ0n) is 14.3. The lowest BCUT2D eigenvalue weighted by Gasteiger charge is -2.13. The number of fused-ring (bicyclic) bond motifs is 1. The number of aromatic nitrogens is 1. The number of hydrogen-bond acceptors (Lipinski definition) is 3. The molecule has 1 amide bonds. The predicted molar refractivity (Wildman–Crippen MR) is 92.7 cm³/mol. The fourth-order valence-electron chi connectivity index (χ4n) is 3.38. The SMILES string of the molecule is COc1cc2c(cc1CNC(=O)c1c(C)cc(C)[nH]c1=O)CCC2. The van der Waals surface area contributed by atoms with Crippen LogP contribution < -0.4 is 15.6 Å². The summed E-state index contributed by atoms with van der Waals surface area (Å²) in [4.78, 5) is 27.2. The lowest BCUT2D eigenvalue weighted by Crippen LogP contribution is -2.30. The lowest BCUT2D eigenvalue weighted by molar-refractivity contribution is 0.0948. The van der Waals surface area contributed by atoms with Crippen molar-refractivity contribution >= 4 is 5.91 Å². The van der Waals surface area contributed by atoms with Gasteiger partial charge in [0.15, 0.2) is 0 Å². The molecule has 0 radical (unpaired) electrons. The summed E-state index contributed by atoms with van der Waals surface area (Å²) in [5.74, 6) is 0.418. The zero-order valence-corrected chi connectivity index (χ0v) is 14.3. The van der Waals surface area contributed by atoms with Crippen molar-refractivity contribution in [1.82, 2.24) is 10.3 Å². The molecule has 1 heterocycles. The number of carbonyl (C=O) groups excluding carboxylic acids is 1. The van der Waals surface area contributed by atoms with Gasteiger partial charge in [-0.2, -0.15) is 0 Å². The van der Waals surface area contributed by atoms with Gasteiger partial charge in [-0.05, 0) is 61.9 Å². The number of H-pyrrole nitrogens is 1. The van der Waals surface area contributed by atoms with Crippen molar-refractivity contribution in [3.8, 4) is 5.75 Å². The standard InChI is InChI=1S/C19H22N2O3/c1-11-7-12(2)21-19(23)17(11)18(22)20-10-15-8-13-5-4-6-14(13)9-16(15)24-3/h7-9H,4-6,10H2,1-3H3,(H,20,22)(H,21,23). The first-order chi connectivity index (χ1) is 11.5. The predicted octanol–water partition coefficient (Wildman–Crippen LogP) is 2.42. The number of ether oxygens (including phenoxy) is 1. The van der Waals surface area contributed by atoms with E-state index < -0.39 is 0 Å². The highest BCUT2D eigenvalue weighted by molar-refractivity contribution is 5.95. The van der Waals surface area contributed by atoms with E-state index in [1.807, 2.05) is 0 Å². The molecule has 0 aliphatic heterocycles. The fraction of sp³-hybridized carbons (Fsp3) is 0.368. The number of aromatic amines is 1. The Morgan fingerprint density at radius 2 is 1.92 bits per heavy atom. The minimum absolute atomic E-state index is 0.167. The van der Waals surface area contributed by atoms with Gasteiger partial charge in [0.2, 0.25) is 0 Å². The average Bonchev–Trinajstić information content (AvgIpc) is 2.98. The highest BCUT2D eigenvalue weighted by Crippen LogP contribution is 2.29. The highest BCUT2D eigenvalue weighted by Gasteiger charge is 2.17. The van der Waals surface area contributed by atoms with Gasteiger partial charge in [-0.3, -0.25) is 9.59 Å². The maximum atomic E-state index is 12.4. The average molecular weight is 326 g/mol. The molecule has 1 aromatic heterocycles. The van der Waals surface area contributed by atoms with Crippen LogP contribution in [-0.2, 0) is 19.4 Å². The second-order valence-corrected chi connectivity index (χ2v) is 6.31. The quantitative estimate of drug-likeness (QED) is 0.906. The second-order valence-electron chi connectivity index (χ2n) is 6.31. The molecule has 2 aromatic rings. The molecule has 0 bridgehead atoms. The summed E-state index contributed by atoms with van der Waals surface area (Å²) in [5.41, 5.74) is 4.82. The molecule has 5 heteroatoms. The van der Waals surface area contributed by atoms with Gasteiger partial charge in [-0.25, -0.2) is 0 Å². The van der Waals surface area contributed by atoms with Crippen LogP contribution >= 0.6 is 0 Å². The number of hydrogen-bond donors (Lipinski definition) is 2. The number of carbonyl (C=O) groups is 1. The minimum Gasteiger partial charge on any atom is -0.496 e. The van der Waals surface area contributed by atoms with Crippen LogP contribution in [0.25, 0.3) is 0 Å². The summed E-state index contributed by atoms with van der Waals surface area (Å²) >= 11 is 0. The van der Waals surface area contributed by atoms with Gasteiger partial charge in [0.05, 0.1) is 7.11 Å². The number of methoxy groups -OCH3 is 1. The first-order valence-corrected chi connectivity index (χ1v) is 8.17. The molecule has 0 atom stereocenters. The molecule has 1 aliphatic rings. The van der Waals surface area contributed by atoms with Gasteiger partial charge >= 0.3 is 0 Å². The number of aryl methyl sites for hydroxylation is 4. The van der Waals surface area contributed by atoms with E-state index in [1.165, 1.54) is 11.1 Å². The zero-order chi connectivity index (χ0) is 17.3. The second kappa shape index (κ2) is 6.51. The van der Waals surface area contributed by atoms with Crippen molar-refractivity contribution in [1.29, 1.82) is 0 Å². The minimum atomic E-state index is -0.365. The van der Waals surface area contributed by atoms with E-state index in [0.717, 1.165) is 36.3 Å². The summed E-state index contributed by atoms with van der Waals surface area (Å²) in [6.07, 6.45) is 3.31. The van der Waals surface area contributed by atoms with Crippen molar-refractivity contribution in [2.75, 3.05) is 7.11 Å². The van der Waals surface area contributed by atoms with Crippen LogP contribution in [0.15, 0.2) is 23.0 Å². The fourth-order valence-corrected chi connectivity index (χ4v) is 3.38. The van der Waals surface area contributed by atoms with Gasteiger partial charge in [0.1, 0.15) is 11.3 Å². The van der Waals surface area contributed by atoms with Crippen LogP contribution in [0, 0.1) is 13.8 Å². The lowest BCUT2D eigenvalue weighted by atomic mass is 10.0. The molecule has 0 saturated carbocycles. The van der Waals surface area contributed by atoms with E-state index >= 15 is 0 Å². The smallest absolute Gasteiger partial charge is 0.261 e. The van der Waals surface area contributed by atoms with Crippen molar-refractivity contribution in [2.24, 2.45) is 0 Å². The van der Waals surface area contributed by atoms with Crippen molar-refractivity contribution < 1.29 is 9.53 Å². The molecule has 2 N–H and O–H groups in total. The summed E-state index contributed by atoms with van der Waals surface area (Å²) in [6.45, 7) is 3.90. The third-order valence-corrected chi connectivity index (χ3v) is 4.53. The first-order valence-electron chi connectivity index (χ1n) is 8.17. The largest absolute Gasteiger partial charge is 0.496 e. The van der Waals surface area contributed by atoms with Crippen molar-refractivity contribution in [3.63, 3.8) is 0 Å². The van der Waals surface area contributed by atoms with Gasteiger partial charge in [0.25, 0.3) is 11.5 Å². The Balaban J connectivity index is 1.81. The number of benzene rings is 1. The van der Waals surface area contributed by atoms with E-state index in [0.29, 0.717) is 12.1 Å². The number of nitrogens with one attached hydrogen (secondary N) is 2. The van der Waals surface area contributed by atoms with E-state index in [4.69, 9.17) is 4.74 Å². The maximum absolute atomic E-state index is 12.4. The molecule has 0 fully saturated rings. The van der Waals surface area contributed by atoms with Gasteiger partial charge < -0.3 is 15.0 Å². The number of rotatable bonds is 4. The van der Waals surface area contributed by atoms with Crippen LogP contribution in [0.1, 0.15) is 44.7 Å². The van der Waals surface area contributed by atoms with E-state index in [1.54, 1.807) is 27.0 Å². The molecular formula is C19H22N2O3. The summed E-state index contributed by atoms with van der Waals surface area (Å²) in [6, 6.07) is 5.97. The summed E-state index contributed by atoms with van der Waals surface area (Å²) in [5, 5.41) is 2.84. The number of amides is 1. The Morgan fingerprint density at radius 3 is 2.58 bits per heavy atom. The van der Waals surface area contributed by atoms with Crippen LogP contribution in [0.3, 0.4) is 0 Å². The van der Waals surface area contributed by atoms with Crippen LogP contribution in [0.2, 0.25) is 0 Å². The molecular weight excluding hydrogens is 304 g/mol. The van der Waals surface area contributed by atoms with Crippen molar-refractivity contribution in [2.45, 2.75) is 39.7 Å². The van der Waals surface area contributed by atoms with E-state index in [-0.39, 0.29) is 17.0 Å². The Hall–Kier alpha value is -2.56. The topological polar surface area (TPSA) is 71.2 Å². The van der Waals surface area contributed by atoms with Gasteiger partial charge in [-0.1, -0.05) is 6.07 Å². The molecule has 24 heavy (non-hydrogen) atoms. The molecule has 126 valence electrons. The summed E-state index contributed by atoms with van der Waals surface area (Å²) in [7, 11) is 1.64. The third-order valence-electron chi connectivity index (χ3n) is 4.53. The third kappa shape index (κ3) is 3.07. The highest BCUT2D eigenvalue weighted by atomic mass is 16.5. The van der Waals surface area contributed by atoms with Crippen LogP contribution in [0.5, 0.6) is 5.75 Å². The Bertz CT molecular complexity index is 852. The van der Waals surface area contributed by atoms with E-state index in [9.17, 15) is 9.59 Å². The summed E-state index contributed by atoms with van der Waals surface area (Å²) < 4.78 is 5.45. The van der Waals surface area contributed by atoms with Crippen LogP contribution in [-0.4, -0.2) is 18.0 Å². The van der Waals surface area contributed by atoms with Gasteiger partial charge in [0, 0.05) is 17.8 Å². The monoisotopic (exact) mass is 326 g/mol. The molecule has 0 saturated heterocycles. The molecule has 3 rings (SSSR count). The normalized spacial score (nSPS) is 12.8.